The molecule has 4 aromatic rings. The smallest absolute Gasteiger partial charge is 0.418 e. The molecule has 1 unspecified atom stereocenters. The molecule has 0 aliphatic carbocycles. The van der Waals surface area contributed by atoms with Crippen LogP contribution in [0.5, 0.6) is 5.88 Å². The number of aromatic nitrogens is 5. The Labute approximate surface area is 238 Å². The molecule has 208 valence electrons. The van der Waals surface area contributed by atoms with E-state index in [0.29, 0.717) is 22.6 Å². The zero-order valence-electron chi connectivity index (χ0n) is 20.4. The minimum absolute atomic E-state index is 0.0454. The number of thiazole rings is 1. The van der Waals surface area contributed by atoms with Gasteiger partial charge in [-0.2, -0.15) is 13.2 Å². The monoisotopic (exact) mass is 612 g/mol. The van der Waals surface area contributed by atoms with E-state index >= 15 is 0 Å². The summed E-state index contributed by atoms with van der Waals surface area (Å²) >= 11 is 12.8. The molecule has 0 aliphatic heterocycles. The third-order valence-corrected chi connectivity index (χ3v) is 6.92. The third-order valence-electron chi connectivity index (χ3n) is 5.08. The molecule has 1 atom stereocenters. The van der Waals surface area contributed by atoms with Crippen molar-refractivity contribution in [2.24, 2.45) is 0 Å². The van der Waals surface area contributed by atoms with E-state index in [0.717, 1.165) is 23.9 Å². The van der Waals surface area contributed by atoms with Crippen LogP contribution >= 0.6 is 34.5 Å². The van der Waals surface area contributed by atoms with E-state index in [9.17, 15) is 22.8 Å². The summed E-state index contributed by atoms with van der Waals surface area (Å²) in [6, 6.07) is 3.25. The van der Waals surface area contributed by atoms with Gasteiger partial charge >= 0.3 is 6.18 Å². The number of alkyl halides is 3. The zero-order chi connectivity index (χ0) is 29.0. The first-order chi connectivity index (χ1) is 19.0. The average Bonchev–Trinajstić information content (AvgIpc) is 3.41. The lowest BCUT2D eigenvalue weighted by Crippen LogP contribution is -2.28. The number of halogens is 5. The number of pyridine rings is 2. The first-order valence-corrected chi connectivity index (χ1v) is 12.6. The van der Waals surface area contributed by atoms with Gasteiger partial charge in [0, 0.05) is 12.3 Å². The number of methoxy groups -OCH3 is 1. The normalized spacial score (nSPS) is 12.0. The number of carbonyl (C=O) groups is 2. The Hall–Kier alpha value is -4.08. The van der Waals surface area contributed by atoms with E-state index < -0.39 is 34.6 Å². The highest BCUT2D eigenvalue weighted by molar-refractivity contribution is 7.13. The van der Waals surface area contributed by atoms with E-state index in [-0.39, 0.29) is 27.2 Å². The number of anilines is 3. The number of hydrogen-bond acceptors (Lipinski definition) is 10. The lowest BCUT2D eigenvalue weighted by atomic mass is 10.2. The zero-order valence-corrected chi connectivity index (χ0v) is 22.7. The van der Waals surface area contributed by atoms with Gasteiger partial charge in [-0.3, -0.25) is 9.59 Å². The minimum atomic E-state index is -4.72. The molecule has 11 nitrogen and oxygen atoms in total. The van der Waals surface area contributed by atoms with Gasteiger partial charge in [0.1, 0.15) is 27.1 Å². The number of amides is 2. The Bertz CT molecular complexity index is 1550. The number of hydrogen-bond donors (Lipinski definition) is 3. The maximum absolute atomic E-state index is 13.1. The highest BCUT2D eigenvalue weighted by Gasteiger charge is 2.34. The highest BCUT2D eigenvalue weighted by atomic mass is 35.5. The number of nitrogens with one attached hydrogen (secondary N) is 3. The lowest BCUT2D eigenvalue weighted by molar-refractivity contribution is -0.137. The van der Waals surface area contributed by atoms with Crippen molar-refractivity contribution in [3.63, 3.8) is 0 Å². The predicted octanol–water partition coefficient (Wildman–Crippen LogP) is 5.54. The third kappa shape index (κ3) is 6.73. The maximum Gasteiger partial charge on any atom is 0.418 e. The van der Waals surface area contributed by atoms with Crippen LogP contribution < -0.4 is 20.7 Å². The van der Waals surface area contributed by atoms with Crippen molar-refractivity contribution in [3.8, 4) is 5.88 Å². The van der Waals surface area contributed by atoms with E-state index in [1.54, 1.807) is 19.1 Å². The van der Waals surface area contributed by atoms with Crippen LogP contribution in [0.1, 0.15) is 43.7 Å². The van der Waals surface area contributed by atoms with Crippen molar-refractivity contribution in [1.82, 2.24) is 30.2 Å². The molecular formula is C23H17Cl2F3N8O3S. The standard InChI is InChI=1S/C23H17Cl2F3N8O3S/c1-10(22-31-8-14(40-22)20(37)36-15-5-12(23(26,27)28)13(24)7-29-15)34-21(38)18-17(25)19(33-9-32-18)35-11-3-4-16(39-2)30-6-11/h3-10H,1-2H3,(H,34,38)(H,29,36,37)(H,32,33,35). The SMILES string of the molecule is COc1ccc(Nc2ncnc(C(=O)NC(C)c3ncc(C(=O)Nc4cc(C(F)(F)F)c(Cl)cn4)s3)c2Cl)cn1. The molecule has 40 heavy (non-hydrogen) atoms. The Kier molecular flexibility index (Phi) is 8.66. The second-order valence-corrected chi connectivity index (χ2v) is 9.71. The maximum atomic E-state index is 13.1. The molecule has 0 spiro atoms. The van der Waals surface area contributed by atoms with Gasteiger partial charge in [-0.25, -0.2) is 24.9 Å². The van der Waals surface area contributed by atoms with Gasteiger partial charge in [-0.15, -0.1) is 11.3 Å². The van der Waals surface area contributed by atoms with Crippen LogP contribution in [0.15, 0.2) is 43.1 Å². The molecule has 0 radical (unpaired) electrons. The van der Waals surface area contributed by atoms with Gasteiger partial charge < -0.3 is 20.7 Å². The topological polar surface area (TPSA) is 144 Å². The second-order valence-electron chi connectivity index (χ2n) is 7.86. The summed E-state index contributed by atoms with van der Waals surface area (Å²) in [6.07, 6.45) is -0.0515. The van der Waals surface area contributed by atoms with E-state index in [1.807, 2.05) is 0 Å². The molecule has 4 rings (SSSR count). The van der Waals surface area contributed by atoms with Crippen LogP contribution in [0.25, 0.3) is 0 Å². The largest absolute Gasteiger partial charge is 0.481 e. The fourth-order valence-electron chi connectivity index (χ4n) is 3.15. The van der Waals surface area contributed by atoms with E-state index in [2.05, 4.69) is 40.9 Å². The molecule has 0 aromatic carbocycles. The molecule has 17 heteroatoms. The summed E-state index contributed by atoms with van der Waals surface area (Å²) in [7, 11) is 1.48. The predicted molar refractivity (Wildman–Crippen MR) is 141 cm³/mol. The van der Waals surface area contributed by atoms with Gasteiger partial charge in [0.15, 0.2) is 11.5 Å². The van der Waals surface area contributed by atoms with Gasteiger partial charge in [-0.05, 0) is 19.1 Å². The average molecular weight is 613 g/mol. The fraction of sp³-hybridized carbons (Fsp3) is 0.174. The van der Waals surface area contributed by atoms with Crippen molar-refractivity contribution in [2.45, 2.75) is 19.1 Å². The first kappa shape index (κ1) is 28.9. The molecule has 2 amide bonds. The number of carbonyl (C=O) groups excluding carboxylic acids is 2. The summed E-state index contributed by atoms with van der Waals surface area (Å²) in [5.41, 5.74) is -0.711. The van der Waals surface area contributed by atoms with E-state index in [4.69, 9.17) is 27.9 Å². The van der Waals surface area contributed by atoms with Crippen LogP contribution in [0.2, 0.25) is 10.0 Å². The molecule has 0 aliphatic rings. The van der Waals surface area contributed by atoms with Crippen LogP contribution in [-0.4, -0.2) is 43.8 Å². The molecule has 3 N–H and O–H groups in total. The quantitative estimate of drug-likeness (QED) is 0.233. The Morgan fingerprint density at radius 3 is 2.48 bits per heavy atom. The second kappa shape index (κ2) is 12.0. The Balaban J connectivity index is 1.42. The van der Waals surface area contributed by atoms with Crippen molar-refractivity contribution in [2.75, 3.05) is 17.7 Å². The van der Waals surface area contributed by atoms with Crippen molar-refractivity contribution < 1.29 is 27.5 Å². The number of rotatable bonds is 8. The van der Waals surface area contributed by atoms with Crippen molar-refractivity contribution >= 4 is 63.7 Å². The summed E-state index contributed by atoms with van der Waals surface area (Å²) < 4.78 is 44.3. The number of nitrogens with zero attached hydrogens (tertiary/aromatic N) is 5. The molecule has 0 saturated heterocycles. The van der Waals surface area contributed by atoms with Gasteiger partial charge in [0.25, 0.3) is 11.8 Å². The lowest BCUT2D eigenvalue weighted by Gasteiger charge is -2.13. The first-order valence-electron chi connectivity index (χ1n) is 11.0. The van der Waals surface area contributed by atoms with Crippen LogP contribution in [0.4, 0.5) is 30.5 Å². The molecule has 4 heterocycles. The number of ether oxygens (including phenoxy) is 1. The summed E-state index contributed by atoms with van der Waals surface area (Å²) in [6.45, 7) is 1.62. The molecule has 4 aromatic heterocycles. The summed E-state index contributed by atoms with van der Waals surface area (Å²) in [5.74, 6) is -1.14. The van der Waals surface area contributed by atoms with Gasteiger partial charge in [0.2, 0.25) is 5.88 Å². The van der Waals surface area contributed by atoms with Crippen LogP contribution in [-0.2, 0) is 6.18 Å². The Morgan fingerprint density at radius 2 is 1.80 bits per heavy atom. The minimum Gasteiger partial charge on any atom is -0.481 e. The van der Waals surface area contributed by atoms with E-state index in [1.165, 1.54) is 19.5 Å². The van der Waals surface area contributed by atoms with Gasteiger partial charge in [-0.1, -0.05) is 23.2 Å². The Morgan fingerprint density at radius 1 is 1.02 bits per heavy atom. The van der Waals surface area contributed by atoms with Crippen molar-refractivity contribution in [1.29, 1.82) is 0 Å². The summed E-state index contributed by atoms with van der Waals surface area (Å²) in [4.78, 5) is 45.5. The molecule has 0 bridgehead atoms. The van der Waals surface area contributed by atoms with Gasteiger partial charge in [0.05, 0.1) is 41.8 Å². The fourth-order valence-corrected chi connectivity index (χ4v) is 4.41. The van der Waals surface area contributed by atoms with Crippen LogP contribution in [0, 0.1) is 0 Å². The van der Waals surface area contributed by atoms with Crippen LogP contribution in [0.3, 0.4) is 0 Å². The molecular weight excluding hydrogens is 596 g/mol. The summed E-state index contributed by atoms with van der Waals surface area (Å²) in [5, 5.41) is 7.60. The molecule has 0 saturated carbocycles. The molecule has 0 fully saturated rings. The van der Waals surface area contributed by atoms with Crippen molar-refractivity contribution in [3.05, 3.63) is 74.3 Å². The highest BCUT2D eigenvalue weighted by Crippen LogP contribution is 2.35.